The molecule has 0 radical (unpaired) electrons. The summed E-state index contributed by atoms with van der Waals surface area (Å²) >= 11 is 0. The van der Waals surface area contributed by atoms with Crippen LogP contribution in [0.4, 0.5) is 0 Å². The maximum absolute atomic E-state index is 12.6. The summed E-state index contributed by atoms with van der Waals surface area (Å²) in [5.41, 5.74) is 1.23. The molecule has 2 rings (SSSR count). The first-order chi connectivity index (χ1) is 11.5. The van der Waals surface area contributed by atoms with Crippen LogP contribution in [0.1, 0.15) is 52.0 Å². The summed E-state index contributed by atoms with van der Waals surface area (Å²) in [6.45, 7) is 12.1. The zero-order valence-electron chi connectivity index (χ0n) is 15.5. The van der Waals surface area contributed by atoms with Gasteiger partial charge in [0.25, 0.3) is 5.91 Å². The van der Waals surface area contributed by atoms with Crippen molar-refractivity contribution < 1.29 is 9.53 Å². The molecule has 1 fully saturated rings. The predicted octanol–water partition coefficient (Wildman–Crippen LogP) is 3.43. The molecule has 1 aliphatic rings. The van der Waals surface area contributed by atoms with Crippen LogP contribution in [-0.4, -0.2) is 43.1 Å². The number of nitrogens with one attached hydrogen (secondary N) is 1. The van der Waals surface area contributed by atoms with E-state index in [9.17, 15) is 4.79 Å². The lowest BCUT2D eigenvalue weighted by Gasteiger charge is -2.33. The van der Waals surface area contributed by atoms with Crippen molar-refractivity contribution in [1.82, 2.24) is 10.2 Å². The van der Waals surface area contributed by atoms with E-state index in [0.29, 0.717) is 11.8 Å². The van der Waals surface area contributed by atoms with Crippen LogP contribution in [0.5, 0.6) is 5.75 Å². The molecular weight excluding hydrogens is 300 g/mol. The molecule has 1 amide bonds. The summed E-state index contributed by atoms with van der Waals surface area (Å²) in [4.78, 5) is 14.6. The van der Waals surface area contributed by atoms with E-state index < -0.39 is 6.10 Å². The van der Waals surface area contributed by atoms with Crippen LogP contribution in [0.2, 0.25) is 0 Å². The van der Waals surface area contributed by atoms with Gasteiger partial charge in [-0.25, -0.2) is 0 Å². The summed E-state index contributed by atoms with van der Waals surface area (Å²) in [5, 5.41) is 3.40. The lowest BCUT2D eigenvalue weighted by Crippen LogP contribution is -2.45. The third-order valence-corrected chi connectivity index (χ3v) is 4.79. The standard InChI is InChI=1S/C20H32N2O2/c1-5-21-14-17-9-11-22(12-10-17)20(23)16(4)24-19-8-6-7-18(13-19)15(2)3/h6-8,13,15-17,21H,5,9-12,14H2,1-4H3. The number of benzene rings is 1. The summed E-state index contributed by atoms with van der Waals surface area (Å²) in [5.74, 6) is 2.03. The van der Waals surface area contributed by atoms with E-state index in [-0.39, 0.29) is 5.91 Å². The third-order valence-electron chi connectivity index (χ3n) is 4.79. The molecule has 1 aromatic rings. The molecular formula is C20H32N2O2. The molecule has 0 saturated carbocycles. The number of amides is 1. The van der Waals surface area contributed by atoms with E-state index in [4.69, 9.17) is 4.74 Å². The molecule has 1 aliphatic heterocycles. The number of hydrogen-bond donors (Lipinski definition) is 1. The smallest absolute Gasteiger partial charge is 0.263 e. The number of likely N-dealkylation sites (tertiary alicyclic amines) is 1. The minimum atomic E-state index is -0.433. The molecule has 4 nitrogen and oxygen atoms in total. The fourth-order valence-corrected chi connectivity index (χ4v) is 3.16. The Kier molecular flexibility index (Phi) is 7.10. The van der Waals surface area contributed by atoms with Gasteiger partial charge in [-0.05, 0) is 62.4 Å². The zero-order chi connectivity index (χ0) is 17.5. The van der Waals surface area contributed by atoms with Crippen molar-refractivity contribution in [3.05, 3.63) is 29.8 Å². The van der Waals surface area contributed by atoms with E-state index in [1.54, 1.807) is 0 Å². The molecule has 1 atom stereocenters. The van der Waals surface area contributed by atoms with Crippen molar-refractivity contribution in [3.8, 4) is 5.75 Å². The maximum Gasteiger partial charge on any atom is 0.263 e. The van der Waals surface area contributed by atoms with Crippen LogP contribution >= 0.6 is 0 Å². The normalized spacial score (nSPS) is 17.1. The van der Waals surface area contributed by atoms with Crippen LogP contribution in [0.25, 0.3) is 0 Å². The third kappa shape index (κ3) is 5.23. The van der Waals surface area contributed by atoms with Gasteiger partial charge in [-0.3, -0.25) is 4.79 Å². The topological polar surface area (TPSA) is 41.6 Å². The van der Waals surface area contributed by atoms with Crippen molar-refractivity contribution in [3.63, 3.8) is 0 Å². The first-order valence-electron chi connectivity index (χ1n) is 9.27. The Morgan fingerprint density at radius 2 is 2.00 bits per heavy atom. The number of piperidine rings is 1. The zero-order valence-corrected chi connectivity index (χ0v) is 15.5. The van der Waals surface area contributed by atoms with Gasteiger partial charge >= 0.3 is 0 Å². The minimum absolute atomic E-state index is 0.104. The Hall–Kier alpha value is -1.55. The molecule has 1 N–H and O–H groups in total. The number of rotatable bonds is 7. The molecule has 0 spiro atoms. The minimum Gasteiger partial charge on any atom is -0.481 e. The van der Waals surface area contributed by atoms with Crippen molar-refractivity contribution in [1.29, 1.82) is 0 Å². The van der Waals surface area contributed by atoms with Crippen molar-refractivity contribution in [2.75, 3.05) is 26.2 Å². The highest BCUT2D eigenvalue weighted by atomic mass is 16.5. The lowest BCUT2D eigenvalue weighted by atomic mass is 9.96. The number of nitrogens with zero attached hydrogens (tertiary/aromatic N) is 1. The Labute approximate surface area is 146 Å². The van der Waals surface area contributed by atoms with Crippen LogP contribution in [0, 0.1) is 5.92 Å². The quantitative estimate of drug-likeness (QED) is 0.832. The van der Waals surface area contributed by atoms with Crippen molar-refractivity contribution in [2.24, 2.45) is 5.92 Å². The van der Waals surface area contributed by atoms with Gasteiger partial charge in [0.05, 0.1) is 0 Å². The summed E-state index contributed by atoms with van der Waals surface area (Å²) in [7, 11) is 0. The van der Waals surface area contributed by atoms with Gasteiger partial charge in [0.1, 0.15) is 5.75 Å². The van der Waals surface area contributed by atoms with Gasteiger partial charge < -0.3 is 15.0 Å². The number of hydrogen-bond acceptors (Lipinski definition) is 3. The molecule has 134 valence electrons. The second-order valence-electron chi connectivity index (χ2n) is 7.06. The Morgan fingerprint density at radius 1 is 1.29 bits per heavy atom. The molecule has 0 bridgehead atoms. The van der Waals surface area contributed by atoms with Gasteiger partial charge in [0, 0.05) is 13.1 Å². The first kappa shape index (κ1) is 18.8. The summed E-state index contributed by atoms with van der Waals surface area (Å²) < 4.78 is 5.91. The second-order valence-corrected chi connectivity index (χ2v) is 7.06. The molecule has 1 heterocycles. The number of ether oxygens (including phenoxy) is 1. The van der Waals surface area contributed by atoms with Gasteiger partial charge in [0.2, 0.25) is 0 Å². The van der Waals surface area contributed by atoms with E-state index in [0.717, 1.165) is 44.8 Å². The first-order valence-corrected chi connectivity index (χ1v) is 9.27. The Morgan fingerprint density at radius 3 is 2.62 bits per heavy atom. The Balaban J connectivity index is 1.85. The molecule has 0 aromatic heterocycles. The molecule has 24 heavy (non-hydrogen) atoms. The monoisotopic (exact) mass is 332 g/mol. The fourth-order valence-electron chi connectivity index (χ4n) is 3.16. The summed E-state index contributed by atoms with van der Waals surface area (Å²) in [6, 6.07) is 8.06. The van der Waals surface area contributed by atoms with E-state index in [1.807, 2.05) is 30.0 Å². The lowest BCUT2D eigenvalue weighted by molar-refractivity contribution is -0.139. The van der Waals surface area contributed by atoms with Crippen LogP contribution < -0.4 is 10.1 Å². The van der Waals surface area contributed by atoms with Gasteiger partial charge in [-0.2, -0.15) is 0 Å². The van der Waals surface area contributed by atoms with E-state index in [2.05, 4.69) is 32.2 Å². The molecule has 1 aromatic carbocycles. The van der Waals surface area contributed by atoms with Crippen LogP contribution in [-0.2, 0) is 4.79 Å². The SMILES string of the molecule is CCNCC1CCN(C(=O)C(C)Oc2cccc(C(C)C)c2)CC1. The van der Waals surface area contributed by atoms with Crippen LogP contribution in [0.3, 0.4) is 0 Å². The maximum atomic E-state index is 12.6. The number of carbonyl (C=O) groups excluding carboxylic acids is 1. The predicted molar refractivity (Wildman–Crippen MR) is 98.5 cm³/mol. The van der Waals surface area contributed by atoms with Gasteiger partial charge in [0.15, 0.2) is 6.10 Å². The van der Waals surface area contributed by atoms with E-state index >= 15 is 0 Å². The molecule has 4 heteroatoms. The second kappa shape index (κ2) is 9.07. The van der Waals surface area contributed by atoms with Gasteiger partial charge in [-0.15, -0.1) is 0 Å². The summed E-state index contributed by atoms with van der Waals surface area (Å²) in [6.07, 6.45) is 1.72. The van der Waals surface area contributed by atoms with Crippen molar-refractivity contribution >= 4 is 5.91 Å². The highest BCUT2D eigenvalue weighted by Gasteiger charge is 2.26. The molecule has 0 aliphatic carbocycles. The highest BCUT2D eigenvalue weighted by Crippen LogP contribution is 2.22. The van der Waals surface area contributed by atoms with Crippen LogP contribution in [0.15, 0.2) is 24.3 Å². The average molecular weight is 332 g/mol. The Bertz CT molecular complexity index is 522. The van der Waals surface area contributed by atoms with E-state index in [1.165, 1.54) is 5.56 Å². The number of carbonyl (C=O) groups is 1. The molecule has 1 saturated heterocycles. The van der Waals surface area contributed by atoms with Crippen molar-refractivity contribution in [2.45, 2.75) is 52.6 Å². The average Bonchev–Trinajstić information content (AvgIpc) is 2.60. The fraction of sp³-hybridized carbons (Fsp3) is 0.650. The molecule has 1 unspecified atom stereocenters. The largest absolute Gasteiger partial charge is 0.481 e. The van der Waals surface area contributed by atoms with Gasteiger partial charge in [-0.1, -0.05) is 32.9 Å². The highest BCUT2D eigenvalue weighted by molar-refractivity contribution is 5.81.